The lowest BCUT2D eigenvalue weighted by Crippen LogP contribution is -2.23. The summed E-state index contributed by atoms with van der Waals surface area (Å²) in [5.41, 5.74) is 2.08. The van der Waals surface area contributed by atoms with Crippen LogP contribution in [0.25, 0.3) is 22.2 Å². The molecule has 1 unspecified atom stereocenters. The zero-order valence-electron chi connectivity index (χ0n) is 15.3. The molecular formula is C22H21N3OS. The predicted octanol–water partition coefficient (Wildman–Crippen LogP) is 5.60. The Morgan fingerprint density at radius 3 is 2.96 bits per heavy atom. The molecule has 1 aliphatic heterocycles. The van der Waals surface area contributed by atoms with E-state index in [0.717, 1.165) is 30.1 Å². The van der Waals surface area contributed by atoms with Crippen molar-refractivity contribution in [2.24, 2.45) is 0 Å². The topological polar surface area (TPSA) is 42.2 Å². The molecule has 2 aromatic carbocycles. The molecule has 27 heavy (non-hydrogen) atoms. The number of aryl methyl sites for hydroxylation is 1. The highest BCUT2D eigenvalue weighted by Gasteiger charge is 2.29. The minimum Gasteiger partial charge on any atom is -0.441 e. The van der Waals surface area contributed by atoms with E-state index >= 15 is 0 Å². The summed E-state index contributed by atoms with van der Waals surface area (Å²) in [6.45, 7) is 3.91. The number of oxazole rings is 1. The van der Waals surface area contributed by atoms with Crippen LogP contribution in [0.15, 0.2) is 58.5 Å². The molecule has 5 heteroatoms. The number of benzene rings is 2. The van der Waals surface area contributed by atoms with Crippen LogP contribution < -0.4 is 0 Å². The molecule has 0 spiro atoms. The minimum atomic E-state index is 0.405. The van der Waals surface area contributed by atoms with Crippen molar-refractivity contribution in [3.63, 3.8) is 0 Å². The number of hydrogen-bond acceptors (Lipinski definition) is 5. The van der Waals surface area contributed by atoms with Gasteiger partial charge in [0.1, 0.15) is 10.8 Å². The van der Waals surface area contributed by atoms with E-state index in [1.807, 2.05) is 13.1 Å². The Bertz CT molecular complexity index is 1070. The van der Waals surface area contributed by atoms with Gasteiger partial charge in [-0.25, -0.2) is 9.97 Å². The maximum absolute atomic E-state index is 6.09. The molecule has 0 amide bonds. The number of fused-ring (bicyclic) bond motifs is 1. The average molecular weight is 375 g/mol. The Morgan fingerprint density at radius 2 is 2.07 bits per heavy atom. The van der Waals surface area contributed by atoms with Crippen LogP contribution in [0.4, 0.5) is 0 Å². The van der Waals surface area contributed by atoms with Gasteiger partial charge >= 0.3 is 0 Å². The van der Waals surface area contributed by atoms with Gasteiger partial charge in [-0.05, 0) is 43.1 Å². The normalized spacial score (nSPS) is 17.7. The number of nitrogens with zero attached hydrogens (tertiary/aromatic N) is 3. The van der Waals surface area contributed by atoms with Crippen molar-refractivity contribution in [2.75, 3.05) is 6.54 Å². The van der Waals surface area contributed by atoms with Crippen molar-refractivity contribution in [1.29, 1.82) is 0 Å². The quantitative estimate of drug-likeness (QED) is 0.466. The van der Waals surface area contributed by atoms with E-state index in [1.54, 1.807) is 11.3 Å². The zero-order chi connectivity index (χ0) is 18.2. The first-order chi connectivity index (χ1) is 13.3. The number of likely N-dealkylation sites (tertiary alicyclic amines) is 1. The van der Waals surface area contributed by atoms with E-state index < -0.39 is 0 Å². The fraction of sp³-hybridized carbons (Fsp3) is 0.273. The zero-order valence-corrected chi connectivity index (χ0v) is 16.1. The summed E-state index contributed by atoms with van der Waals surface area (Å²) in [7, 11) is 0. The van der Waals surface area contributed by atoms with Crippen molar-refractivity contribution in [2.45, 2.75) is 32.4 Å². The van der Waals surface area contributed by atoms with Gasteiger partial charge < -0.3 is 4.42 Å². The second-order valence-corrected chi connectivity index (χ2v) is 7.97. The lowest BCUT2D eigenvalue weighted by Gasteiger charge is -2.21. The molecule has 0 saturated carbocycles. The summed E-state index contributed by atoms with van der Waals surface area (Å²) in [6, 6.07) is 15.1. The molecule has 1 aliphatic rings. The lowest BCUT2D eigenvalue weighted by atomic mass is 10.0. The molecule has 4 nitrogen and oxygen atoms in total. The van der Waals surface area contributed by atoms with E-state index in [4.69, 9.17) is 9.40 Å². The van der Waals surface area contributed by atoms with Crippen molar-refractivity contribution >= 4 is 22.1 Å². The van der Waals surface area contributed by atoms with E-state index in [2.05, 4.69) is 57.7 Å². The van der Waals surface area contributed by atoms with Gasteiger partial charge in [0, 0.05) is 23.7 Å². The molecule has 136 valence electrons. The van der Waals surface area contributed by atoms with Crippen LogP contribution in [0.5, 0.6) is 0 Å². The molecule has 5 rings (SSSR count). The summed E-state index contributed by atoms with van der Waals surface area (Å²) in [4.78, 5) is 11.9. The van der Waals surface area contributed by atoms with Gasteiger partial charge in [-0.3, -0.25) is 4.90 Å². The molecule has 0 radical (unpaired) electrons. The standard InChI is InChI=1S/C22H21N3OS/c1-15-19(14-25-12-5-10-20(25)22-23-11-13-27-22)24-21(26-15)18-9-4-7-16-6-2-3-8-17(16)18/h2-4,6-9,11,13,20H,5,10,12,14H2,1H3. The predicted molar refractivity (Wildman–Crippen MR) is 109 cm³/mol. The van der Waals surface area contributed by atoms with Crippen molar-refractivity contribution in [1.82, 2.24) is 14.9 Å². The van der Waals surface area contributed by atoms with E-state index in [9.17, 15) is 0 Å². The Morgan fingerprint density at radius 1 is 1.19 bits per heavy atom. The summed E-state index contributed by atoms with van der Waals surface area (Å²) in [5.74, 6) is 1.62. The molecule has 4 aromatic rings. The number of rotatable bonds is 4. The molecular weight excluding hydrogens is 354 g/mol. The largest absolute Gasteiger partial charge is 0.441 e. The van der Waals surface area contributed by atoms with Crippen molar-refractivity contribution < 1.29 is 4.42 Å². The maximum atomic E-state index is 6.09. The maximum Gasteiger partial charge on any atom is 0.227 e. The first-order valence-electron chi connectivity index (χ1n) is 9.37. The lowest BCUT2D eigenvalue weighted by molar-refractivity contribution is 0.244. The summed E-state index contributed by atoms with van der Waals surface area (Å²) >= 11 is 1.75. The van der Waals surface area contributed by atoms with Crippen LogP contribution in [0.1, 0.15) is 35.3 Å². The van der Waals surface area contributed by atoms with Crippen LogP contribution in [-0.2, 0) is 6.54 Å². The SMILES string of the molecule is Cc1oc(-c2cccc3ccccc23)nc1CN1CCCC1c1nccs1. The van der Waals surface area contributed by atoms with Gasteiger partial charge in [0.15, 0.2) is 0 Å². The number of aromatic nitrogens is 2. The van der Waals surface area contributed by atoms with Gasteiger partial charge in [-0.2, -0.15) is 0 Å². The highest BCUT2D eigenvalue weighted by Crippen LogP contribution is 2.35. The van der Waals surface area contributed by atoms with Gasteiger partial charge in [0.2, 0.25) is 5.89 Å². The van der Waals surface area contributed by atoms with Gasteiger partial charge in [-0.15, -0.1) is 11.3 Å². The highest BCUT2D eigenvalue weighted by molar-refractivity contribution is 7.09. The van der Waals surface area contributed by atoms with Gasteiger partial charge in [-0.1, -0.05) is 36.4 Å². The minimum absolute atomic E-state index is 0.405. The molecule has 1 saturated heterocycles. The molecule has 1 atom stereocenters. The van der Waals surface area contributed by atoms with E-state index in [0.29, 0.717) is 11.9 Å². The third-order valence-corrected chi connectivity index (χ3v) is 6.24. The van der Waals surface area contributed by atoms with Crippen LogP contribution in [0.2, 0.25) is 0 Å². The molecule has 2 aromatic heterocycles. The fourth-order valence-electron chi connectivity index (χ4n) is 3.99. The highest BCUT2D eigenvalue weighted by atomic mass is 32.1. The fourth-order valence-corrected chi connectivity index (χ4v) is 4.80. The molecule has 0 N–H and O–H groups in total. The van der Waals surface area contributed by atoms with E-state index in [1.165, 1.54) is 28.6 Å². The third kappa shape index (κ3) is 3.07. The first-order valence-corrected chi connectivity index (χ1v) is 10.3. The van der Waals surface area contributed by atoms with Crippen molar-refractivity contribution in [3.8, 4) is 11.5 Å². The third-order valence-electron chi connectivity index (χ3n) is 5.37. The number of thiazole rings is 1. The molecule has 3 heterocycles. The molecule has 0 aliphatic carbocycles. The molecule has 1 fully saturated rings. The Balaban J connectivity index is 1.46. The van der Waals surface area contributed by atoms with Crippen LogP contribution >= 0.6 is 11.3 Å². The summed E-state index contributed by atoms with van der Waals surface area (Å²) in [6.07, 6.45) is 4.27. The second kappa shape index (κ2) is 6.91. The Hall–Kier alpha value is -2.50. The molecule has 0 bridgehead atoms. The second-order valence-electron chi connectivity index (χ2n) is 7.05. The monoisotopic (exact) mass is 375 g/mol. The summed E-state index contributed by atoms with van der Waals surface area (Å²) in [5, 5.41) is 5.65. The first kappa shape index (κ1) is 16.7. The van der Waals surface area contributed by atoms with Crippen LogP contribution in [0.3, 0.4) is 0 Å². The average Bonchev–Trinajstić information content (AvgIpc) is 3.43. The van der Waals surface area contributed by atoms with E-state index in [-0.39, 0.29) is 0 Å². The smallest absolute Gasteiger partial charge is 0.227 e. The van der Waals surface area contributed by atoms with Crippen LogP contribution in [0, 0.1) is 6.92 Å². The number of hydrogen-bond donors (Lipinski definition) is 0. The summed E-state index contributed by atoms with van der Waals surface area (Å²) < 4.78 is 6.09. The van der Waals surface area contributed by atoms with Gasteiger partial charge in [0.05, 0.1) is 11.7 Å². The van der Waals surface area contributed by atoms with Crippen molar-refractivity contribution in [3.05, 3.63) is 70.5 Å². The van der Waals surface area contributed by atoms with Crippen LogP contribution in [-0.4, -0.2) is 21.4 Å². The Kier molecular flexibility index (Phi) is 4.26. The Labute approximate surface area is 162 Å². The van der Waals surface area contributed by atoms with Gasteiger partial charge in [0.25, 0.3) is 0 Å².